The van der Waals surface area contributed by atoms with Crippen molar-refractivity contribution in [1.82, 2.24) is 0 Å². The van der Waals surface area contributed by atoms with E-state index in [1.807, 2.05) is 0 Å². The van der Waals surface area contributed by atoms with Crippen LogP contribution in [0.25, 0.3) is 0 Å². The van der Waals surface area contributed by atoms with Crippen molar-refractivity contribution in [3.05, 3.63) is 27.8 Å². The van der Waals surface area contributed by atoms with E-state index in [0.717, 1.165) is 24.8 Å². The Labute approximate surface area is 83.7 Å². The van der Waals surface area contributed by atoms with Crippen LogP contribution < -0.4 is 10.4 Å². The van der Waals surface area contributed by atoms with Crippen LogP contribution in [0.5, 0.6) is 5.75 Å². The average molecular weight is 196 g/mol. The smallest absolute Gasteiger partial charge is 0.339 e. The highest BCUT2D eigenvalue weighted by molar-refractivity contribution is 5.33. The molecule has 1 aromatic rings. The molecule has 0 aliphatic heterocycles. The van der Waals surface area contributed by atoms with Crippen molar-refractivity contribution in [2.45, 2.75) is 33.1 Å². The lowest BCUT2D eigenvalue weighted by Gasteiger charge is -2.08. The van der Waals surface area contributed by atoms with Crippen LogP contribution in [0.15, 0.2) is 15.3 Å². The Bertz CT molecular complexity index is 352. The van der Waals surface area contributed by atoms with Crippen LogP contribution in [0.1, 0.15) is 31.1 Å². The summed E-state index contributed by atoms with van der Waals surface area (Å²) in [5.74, 6) is 1.31. The molecule has 0 amide bonds. The maximum absolute atomic E-state index is 11.0. The van der Waals surface area contributed by atoms with E-state index >= 15 is 0 Å². The first-order valence-corrected chi connectivity index (χ1v) is 4.86. The number of aryl methyl sites for hydroxylation is 1. The average Bonchev–Trinajstić information content (AvgIpc) is 2.15. The van der Waals surface area contributed by atoms with E-state index in [2.05, 4.69) is 6.92 Å². The van der Waals surface area contributed by atoms with Gasteiger partial charge in [0.1, 0.15) is 11.5 Å². The van der Waals surface area contributed by atoms with Crippen LogP contribution in [0.3, 0.4) is 0 Å². The largest absolute Gasteiger partial charge is 0.496 e. The Morgan fingerprint density at radius 2 is 2.21 bits per heavy atom. The summed E-state index contributed by atoms with van der Waals surface area (Å²) in [7, 11) is 1.57. The summed E-state index contributed by atoms with van der Waals surface area (Å²) in [4.78, 5) is 11.0. The molecule has 0 atom stereocenters. The van der Waals surface area contributed by atoms with Gasteiger partial charge in [-0.15, -0.1) is 0 Å². The van der Waals surface area contributed by atoms with Gasteiger partial charge < -0.3 is 9.15 Å². The molecule has 0 saturated heterocycles. The molecule has 0 spiro atoms. The van der Waals surface area contributed by atoms with Crippen molar-refractivity contribution >= 4 is 0 Å². The van der Waals surface area contributed by atoms with Crippen molar-refractivity contribution in [3.8, 4) is 5.75 Å². The fourth-order valence-electron chi connectivity index (χ4n) is 1.44. The molecule has 1 rings (SSSR count). The van der Waals surface area contributed by atoms with Gasteiger partial charge in [-0.25, -0.2) is 4.79 Å². The summed E-state index contributed by atoms with van der Waals surface area (Å²) in [6.45, 7) is 3.93. The molecule has 0 saturated carbocycles. The van der Waals surface area contributed by atoms with Crippen molar-refractivity contribution < 1.29 is 9.15 Å². The van der Waals surface area contributed by atoms with Gasteiger partial charge >= 0.3 is 5.63 Å². The van der Waals surface area contributed by atoms with E-state index in [9.17, 15) is 4.79 Å². The first-order valence-electron chi connectivity index (χ1n) is 4.86. The number of methoxy groups -OCH3 is 1. The molecule has 0 aliphatic carbocycles. The normalized spacial score (nSPS) is 10.2. The Hall–Kier alpha value is -1.25. The highest BCUT2D eigenvalue weighted by atomic mass is 16.5. The third kappa shape index (κ3) is 2.37. The number of ether oxygens (including phenoxy) is 1. The Kier molecular flexibility index (Phi) is 3.74. The lowest BCUT2D eigenvalue weighted by Crippen LogP contribution is -2.04. The number of unbranched alkanes of at least 4 members (excludes halogenated alkanes) is 1. The second-order valence-electron chi connectivity index (χ2n) is 3.27. The molecule has 3 nitrogen and oxygen atoms in total. The Morgan fingerprint density at radius 3 is 2.79 bits per heavy atom. The van der Waals surface area contributed by atoms with E-state index in [1.54, 1.807) is 14.0 Å². The number of hydrogen-bond donors (Lipinski definition) is 0. The standard InChI is InChI=1S/C11H16O3/c1-4-5-6-9-8(2)14-11(12)7-10(9)13-3/h7H,4-6H2,1-3H3. The van der Waals surface area contributed by atoms with E-state index in [-0.39, 0.29) is 5.63 Å². The molecule has 0 radical (unpaired) electrons. The van der Waals surface area contributed by atoms with Crippen molar-refractivity contribution in [2.75, 3.05) is 7.11 Å². The first-order chi connectivity index (χ1) is 6.69. The third-order valence-electron chi connectivity index (χ3n) is 2.23. The zero-order valence-electron chi connectivity index (χ0n) is 8.92. The summed E-state index contributed by atoms with van der Waals surface area (Å²) < 4.78 is 10.2. The van der Waals surface area contributed by atoms with E-state index < -0.39 is 0 Å². The summed E-state index contributed by atoms with van der Waals surface area (Å²) >= 11 is 0. The van der Waals surface area contributed by atoms with Crippen LogP contribution in [0, 0.1) is 6.92 Å². The molecule has 1 aromatic heterocycles. The van der Waals surface area contributed by atoms with Gasteiger partial charge in [0.25, 0.3) is 0 Å². The van der Waals surface area contributed by atoms with Crippen LogP contribution in [-0.2, 0) is 6.42 Å². The minimum Gasteiger partial charge on any atom is -0.496 e. The minimum atomic E-state index is -0.348. The van der Waals surface area contributed by atoms with Gasteiger partial charge in [-0.3, -0.25) is 0 Å². The van der Waals surface area contributed by atoms with Gasteiger partial charge in [0, 0.05) is 5.56 Å². The van der Waals surface area contributed by atoms with Crippen molar-refractivity contribution in [1.29, 1.82) is 0 Å². The molecule has 0 N–H and O–H groups in total. The monoisotopic (exact) mass is 196 g/mol. The lowest BCUT2D eigenvalue weighted by atomic mass is 10.1. The fourth-order valence-corrected chi connectivity index (χ4v) is 1.44. The molecule has 0 bridgehead atoms. The van der Waals surface area contributed by atoms with Gasteiger partial charge in [0.15, 0.2) is 0 Å². The van der Waals surface area contributed by atoms with Crippen LogP contribution in [-0.4, -0.2) is 7.11 Å². The quantitative estimate of drug-likeness (QED) is 0.741. The molecule has 3 heteroatoms. The van der Waals surface area contributed by atoms with Crippen molar-refractivity contribution in [3.63, 3.8) is 0 Å². The third-order valence-corrected chi connectivity index (χ3v) is 2.23. The molecule has 1 heterocycles. The van der Waals surface area contributed by atoms with Gasteiger partial charge in [-0.1, -0.05) is 13.3 Å². The molecule has 0 unspecified atom stereocenters. The second-order valence-corrected chi connectivity index (χ2v) is 3.27. The lowest BCUT2D eigenvalue weighted by molar-refractivity contribution is 0.387. The highest BCUT2D eigenvalue weighted by Crippen LogP contribution is 2.21. The second kappa shape index (κ2) is 4.84. The molecule has 78 valence electrons. The zero-order valence-corrected chi connectivity index (χ0v) is 8.92. The molecule has 0 fully saturated rings. The Balaban J connectivity index is 3.05. The fraction of sp³-hybridized carbons (Fsp3) is 0.545. The molecular formula is C11H16O3. The SMILES string of the molecule is CCCCc1c(OC)cc(=O)oc1C. The minimum absolute atomic E-state index is 0.348. The molecule has 14 heavy (non-hydrogen) atoms. The van der Waals surface area contributed by atoms with Crippen LogP contribution >= 0.6 is 0 Å². The molecular weight excluding hydrogens is 180 g/mol. The summed E-state index contributed by atoms with van der Waals surface area (Å²) in [5, 5.41) is 0. The van der Waals surface area contributed by atoms with Gasteiger partial charge in [-0.05, 0) is 19.8 Å². The van der Waals surface area contributed by atoms with Gasteiger partial charge in [0.05, 0.1) is 13.2 Å². The zero-order chi connectivity index (χ0) is 10.6. The topological polar surface area (TPSA) is 39.4 Å². The van der Waals surface area contributed by atoms with E-state index in [4.69, 9.17) is 9.15 Å². The van der Waals surface area contributed by atoms with Gasteiger partial charge in [0.2, 0.25) is 0 Å². The molecule has 0 aromatic carbocycles. The Morgan fingerprint density at radius 1 is 1.50 bits per heavy atom. The first kappa shape index (κ1) is 10.8. The maximum Gasteiger partial charge on any atom is 0.339 e. The predicted molar refractivity (Wildman–Crippen MR) is 54.9 cm³/mol. The summed E-state index contributed by atoms with van der Waals surface area (Å²) in [5.41, 5.74) is 0.661. The molecule has 0 aliphatic rings. The van der Waals surface area contributed by atoms with Crippen LogP contribution in [0.4, 0.5) is 0 Å². The van der Waals surface area contributed by atoms with Gasteiger partial charge in [-0.2, -0.15) is 0 Å². The van der Waals surface area contributed by atoms with E-state index in [1.165, 1.54) is 6.07 Å². The van der Waals surface area contributed by atoms with Crippen LogP contribution in [0.2, 0.25) is 0 Å². The number of hydrogen-bond acceptors (Lipinski definition) is 3. The van der Waals surface area contributed by atoms with Crippen molar-refractivity contribution in [2.24, 2.45) is 0 Å². The predicted octanol–water partition coefficient (Wildman–Crippen LogP) is 2.30. The number of rotatable bonds is 4. The van der Waals surface area contributed by atoms with E-state index in [0.29, 0.717) is 11.5 Å². The highest BCUT2D eigenvalue weighted by Gasteiger charge is 2.09. The summed E-state index contributed by atoms with van der Waals surface area (Å²) in [6.07, 6.45) is 3.09. The maximum atomic E-state index is 11.0. The summed E-state index contributed by atoms with van der Waals surface area (Å²) in [6, 6.07) is 1.40.